The molecule has 0 aromatic heterocycles. The molecule has 0 unspecified atom stereocenters. The molecule has 3 rings (SSSR count). The van der Waals surface area contributed by atoms with E-state index in [2.05, 4.69) is 24.3 Å². The van der Waals surface area contributed by atoms with Gasteiger partial charge in [-0.25, -0.2) is 0 Å². The van der Waals surface area contributed by atoms with Crippen LogP contribution in [0.4, 0.5) is 0 Å². The number of fused-ring (bicyclic) bond motifs is 2. The van der Waals surface area contributed by atoms with E-state index in [9.17, 15) is 0 Å². The molecule has 15 heavy (non-hydrogen) atoms. The molecule has 0 fully saturated rings. The summed E-state index contributed by atoms with van der Waals surface area (Å²) in [4.78, 5) is 0. The SMILES string of the molecule is [Sn][CH]1c2ccccc2Oc2ccccc21. The van der Waals surface area contributed by atoms with E-state index in [0.29, 0.717) is 3.93 Å². The third-order valence-corrected chi connectivity index (χ3v) is 4.46. The summed E-state index contributed by atoms with van der Waals surface area (Å²) >= 11 is 1.51. The van der Waals surface area contributed by atoms with Crippen LogP contribution >= 0.6 is 0 Å². The van der Waals surface area contributed by atoms with Crippen LogP contribution < -0.4 is 4.74 Å². The number of hydrogen-bond acceptors (Lipinski definition) is 1. The Morgan fingerprint density at radius 3 is 1.80 bits per heavy atom. The second-order valence-electron chi connectivity index (χ2n) is 3.61. The minimum atomic E-state index is 0.512. The molecule has 0 aliphatic carbocycles. The Kier molecular flexibility index (Phi) is 2.20. The predicted octanol–water partition coefficient (Wildman–Crippen LogP) is 3.05. The van der Waals surface area contributed by atoms with E-state index >= 15 is 0 Å². The monoisotopic (exact) mass is 301 g/mol. The van der Waals surface area contributed by atoms with Crippen molar-refractivity contribution < 1.29 is 4.74 Å². The van der Waals surface area contributed by atoms with Gasteiger partial charge in [0.1, 0.15) is 0 Å². The molecular formula is C13H9OSn. The van der Waals surface area contributed by atoms with Crippen molar-refractivity contribution in [2.45, 2.75) is 3.93 Å². The first-order valence-corrected chi connectivity index (χ1v) is 6.58. The molecule has 0 spiro atoms. The fourth-order valence-corrected chi connectivity index (χ4v) is 3.27. The molecule has 0 atom stereocenters. The third kappa shape index (κ3) is 1.46. The molecule has 0 bridgehead atoms. The van der Waals surface area contributed by atoms with Crippen LogP contribution in [0, 0.1) is 0 Å². The van der Waals surface area contributed by atoms with Gasteiger partial charge in [-0.3, -0.25) is 0 Å². The number of benzene rings is 2. The van der Waals surface area contributed by atoms with Crippen LogP contribution in [-0.4, -0.2) is 22.5 Å². The van der Waals surface area contributed by atoms with Crippen LogP contribution in [-0.2, 0) is 0 Å². The van der Waals surface area contributed by atoms with E-state index < -0.39 is 0 Å². The molecule has 1 nitrogen and oxygen atoms in total. The van der Waals surface area contributed by atoms with Gasteiger partial charge in [-0.1, -0.05) is 0 Å². The molecule has 0 saturated carbocycles. The van der Waals surface area contributed by atoms with Gasteiger partial charge in [-0.2, -0.15) is 0 Å². The zero-order chi connectivity index (χ0) is 10.3. The van der Waals surface area contributed by atoms with E-state index in [1.165, 1.54) is 33.7 Å². The first-order valence-electron chi connectivity index (χ1n) is 4.93. The van der Waals surface area contributed by atoms with Crippen molar-refractivity contribution >= 4 is 22.5 Å². The van der Waals surface area contributed by atoms with Crippen LogP contribution in [0.5, 0.6) is 11.5 Å². The van der Waals surface area contributed by atoms with Gasteiger partial charge in [0.05, 0.1) is 0 Å². The van der Waals surface area contributed by atoms with Crippen molar-refractivity contribution in [2.24, 2.45) is 0 Å². The average Bonchev–Trinajstić information content (AvgIpc) is 2.30. The van der Waals surface area contributed by atoms with Crippen molar-refractivity contribution in [3.63, 3.8) is 0 Å². The molecule has 3 radical (unpaired) electrons. The summed E-state index contributed by atoms with van der Waals surface area (Å²) in [6.45, 7) is 0. The number of rotatable bonds is 0. The summed E-state index contributed by atoms with van der Waals surface area (Å²) in [6, 6.07) is 16.6. The summed E-state index contributed by atoms with van der Waals surface area (Å²) in [5.41, 5.74) is 2.63. The third-order valence-electron chi connectivity index (χ3n) is 2.68. The van der Waals surface area contributed by atoms with Gasteiger partial charge in [0, 0.05) is 0 Å². The van der Waals surface area contributed by atoms with Gasteiger partial charge >= 0.3 is 102 Å². The summed E-state index contributed by atoms with van der Waals surface area (Å²) in [7, 11) is 0. The first-order chi connectivity index (χ1) is 7.36. The maximum atomic E-state index is 5.86. The predicted molar refractivity (Wildman–Crippen MR) is 60.6 cm³/mol. The fourth-order valence-electron chi connectivity index (χ4n) is 1.91. The van der Waals surface area contributed by atoms with Gasteiger partial charge < -0.3 is 0 Å². The van der Waals surface area contributed by atoms with Crippen LogP contribution in [0.2, 0.25) is 0 Å². The molecule has 71 valence electrons. The summed E-state index contributed by atoms with van der Waals surface area (Å²) in [5, 5.41) is 0. The van der Waals surface area contributed by atoms with Crippen molar-refractivity contribution in [1.82, 2.24) is 0 Å². The fraction of sp³-hybridized carbons (Fsp3) is 0.0769. The van der Waals surface area contributed by atoms with Gasteiger partial charge in [-0.15, -0.1) is 0 Å². The normalized spacial score (nSPS) is 13.9. The van der Waals surface area contributed by atoms with Crippen molar-refractivity contribution in [3.8, 4) is 11.5 Å². The quantitative estimate of drug-likeness (QED) is 0.680. The second kappa shape index (κ2) is 3.56. The molecule has 0 saturated heterocycles. The van der Waals surface area contributed by atoms with Crippen LogP contribution in [0.1, 0.15) is 15.1 Å². The zero-order valence-electron chi connectivity index (χ0n) is 8.10. The van der Waals surface area contributed by atoms with E-state index in [1.807, 2.05) is 24.3 Å². The molecular weight excluding hydrogens is 291 g/mol. The Morgan fingerprint density at radius 1 is 0.800 bits per heavy atom. The second-order valence-corrected chi connectivity index (χ2v) is 5.26. The maximum absolute atomic E-state index is 5.86. The number of para-hydroxylation sites is 2. The van der Waals surface area contributed by atoms with Gasteiger partial charge in [0.15, 0.2) is 0 Å². The van der Waals surface area contributed by atoms with E-state index in [1.54, 1.807) is 0 Å². The molecule has 1 aliphatic rings. The minimum absolute atomic E-state index is 0.512. The molecule has 0 N–H and O–H groups in total. The van der Waals surface area contributed by atoms with Crippen molar-refractivity contribution in [2.75, 3.05) is 0 Å². The topological polar surface area (TPSA) is 9.23 Å². The average molecular weight is 300 g/mol. The first kappa shape index (κ1) is 9.28. The molecule has 2 aromatic carbocycles. The van der Waals surface area contributed by atoms with Crippen molar-refractivity contribution in [3.05, 3.63) is 59.7 Å². The summed E-state index contributed by atoms with van der Waals surface area (Å²) < 4.78 is 6.37. The molecule has 2 heteroatoms. The van der Waals surface area contributed by atoms with Crippen LogP contribution in [0.3, 0.4) is 0 Å². The van der Waals surface area contributed by atoms with Crippen LogP contribution in [0.15, 0.2) is 48.5 Å². The number of hydrogen-bond donors (Lipinski definition) is 0. The Balaban J connectivity index is 2.20. The molecule has 1 aliphatic heterocycles. The van der Waals surface area contributed by atoms with Gasteiger partial charge in [-0.05, 0) is 0 Å². The number of ether oxygens (including phenoxy) is 1. The standard InChI is InChI=1S/C13H9O.Sn/c1-3-7-12-10(5-1)9-11-6-2-4-8-13(11)14-12;/h1-9H;. The summed E-state index contributed by atoms with van der Waals surface area (Å²) in [5.74, 6) is 2.02. The zero-order valence-corrected chi connectivity index (χ0v) is 11.0. The van der Waals surface area contributed by atoms with Gasteiger partial charge in [0.25, 0.3) is 0 Å². The van der Waals surface area contributed by atoms with Crippen molar-refractivity contribution in [1.29, 1.82) is 0 Å². The van der Waals surface area contributed by atoms with Gasteiger partial charge in [0.2, 0.25) is 0 Å². The van der Waals surface area contributed by atoms with E-state index in [4.69, 9.17) is 4.74 Å². The molecule has 0 amide bonds. The van der Waals surface area contributed by atoms with Crippen LogP contribution in [0.25, 0.3) is 0 Å². The molecule has 2 aromatic rings. The molecule has 1 heterocycles. The Morgan fingerprint density at radius 2 is 1.27 bits per heavy atom. The van der Waals surface area contributed by atoms with E-state index in [-0.39, 0.29) is 0 Å². The Hall–Kier alpha value is -0.961. The van der Waals surface area contributed by atoms with E-state index in [0.717, 1.165) is 11.5 Å². The summed E-state index contributed by atoms with van der Waals surface area (Å²) in [6.07, 6.45) is 0. The Labute approximate surface area is 102 Å². The Bertz CT molecular complexity index is 462.